The quantitative estimate of drug-likeness (QED) is 0.178. The monoisotopic (exact) mass is 717 g/mol. The van der Waals surface area contributed by atoms with E-state index in [-0.39, 0.29) is 0 Å². The molecule has 10 aromatic rings. The van der Waals surface area contributed by atoms with Crippen LogP contribution in [0.25, 0.3) is 106 Å². The van der Waals surface area contributed by atoms with Gasteiger partial charge in [0.1, 0.15) is 11.3 Å². The molecule has 0 bridgehead atoms. The zero-order chi connectivity index (χ0) is 37.2. The van der Waals surface area contributed by atoms with Gasteiger partial charge in [0.05, 0.1) is 16.9 Å². The third-order valence-electron chi connectivity index (χ3n) is 11.3. The molecule has 0 saturated heterocycles. The molecule has 1 aliphatic rings. The molecule has 56 heavy (non-hydrogen) atoms. The molecule has 0 radical (unpaired) electrons. The van der Waals surface area contributed by atoms with E-state index in [1.807, 2.05) is 42.5 Å². The fourth-order valence-electron chi connectivity index (χ4n) is 8.63. The predicted molar refractivity (Wildman–Crippen MR) is 231 cm³/mol. The molecular weight excluding hydrogens is 683 g/mol. The summed E-state index contributed by atoms with van der Waals surface area (Å²) in [7, 11) is 0. The lowest BCUT2D eigenvalue weighted by atomic mass is 9.82. The number of hydrogen-bond acceptors (Lipinski definition) is 4. The van der Waals surface area contributed by atoms with Crippen LogP contribution in [0.1, 0.15) is 30.4 Å². The summed E-state index contributed by atoms with van der Waals surface area (Å²) in [5.41, 5.74) is 14.2. The van der Waals surface area contributed by atoms with Crippen LogP contribution in [0.4, 0.5) is 0 Å². The van der Waals surface area contributed by atoms with Gasteiger partial charge in [-0.1, -0.05) is 165 Å². The molecule has 0 amide bonds. The van der Waals surface area contributed by atoms with Crippen molar-refractivity contribution in [1.29, 1.82) is 0 Å². The molecule has 4 nitrogen and oxygen atoms in total. The lowest BCUT2D eigenvalue weighted by Gasteiger charge is -2.22. The number of furan rings is 1. The molecule has 0 spiro atoms. The number of allylic oxidation sites excluding steroid dienone is 1. The molecule has 0 saturated carbocycles. The Morgan fingerprint density at radius 2 is 1.14 bits per heavy atom. The number of para-hydroxylation sites is 2. The van der Waals surface area contributed by atoms with Gasteiger partial charge in [-0.05, 0) is 58.0 Å². The maximum atomic E-state index is 6.76. The van der Waals surface area contributed by atoms with E-state index in [1.54, 1.807) is 0 Å². The highest BCUT2D eigenvalue weighted by Crippen LogP contribution is 2.46. The fourth-order valence-corrected chi connectivity index (χ4v) is 8.63. The van der Waals surface area contributed by atoms with E-state index in [2.05, 4.69) is 140 Å². The molecule has 4 heteroatoms. The van der Waals surface area contributed by atoms with E-state index in [9.17, 15) is 0 Å². The molecule has 1 aliphatic carbocycles. The second-order valence-electron chi connectivity index (χ2n) is 14.7. The first-order valence-corrected chi connectivity index (χ1v) is 19.3. The molecular formula is C52H35N3O. The average molecular weight is 718 g/mol. The van der Waals surface area contributed by atoms with Crippen molar-refractivity contribution in [3.63, 3.8) is 0 Å². The van der Waals surface area contributed by atoms with Crippen LogP contribution >= 0.6 is 0 Å². The van der Waals surface area contributed by atoms with Gasteiger partial charge in [0.2, 0.25) is 0 Å². The zero-order valence-electron chi connectivity index (χ0n) is 30.8. The first-order chi connectivity index (χ1) is 27.7. The molecule has 1 unspecified atom stereocenters. The van der Waals surface area contributed by atoms with Gasteiger partial charge < -0.3 is 4.42 Å². The standard InChI is InChI=1S/C52H35N3O/c1-32-14-12-19-37-30-43(39-20-8-9-21-40(39)47(32)37)50-51-48(41-22-10-11-25-46(41)56-51)42-24-13-23-38(49(42)55-50)33-26-28-36(29-27-33)52-53-44(34-15-4-2-5-16-34)31-45(54-52)35-17-6-3-7-18-35/h2-13,15-32H,14H2,1H3. The van der Waals surface area contributed by atoms with Crippen LogP contribution in [0, 0.1) is 0 Å². The summed E-state index contributed by atoms with van der Waals surface area (Å²) < 4.78 is 6.76. The molecule has 3 heterocycles. The van der Waals surface area contributed by atoms with E-state index in [0.717, 1.165) is 89.7 Å². The van der Waals surface area contributed by atoms with E-state index in [4.69, 9.17) is 19.4 Å². The van der Waals surface area contributed by atoms with Crippen LogP contribution in [0.5, 0.6) is 0 Å². The minimum absolute atomic E-state index is 0.440. The number of nitrogens with zero attached hydrogens (tertiary/aromatic N) is 3. The van der Waals surface area contributed by atoms with E-state index < -0.39 is 0 Å². The van der Waals surface area contributed by atoms with Crippen LogP contribution in [0.15, 0.2) is 174 Å². The molecule has 0 aliphatic heterocycles. The highest BCUT2D eigenvalue weighted by atomic mass is 16.3. The Morgan fingerprint density at radius 1 is 0.518 bits per heavy atom. The maximum Gasteiger partial charge on any atom is 0.162 e. The first kappa shape index (κ1) is 32.3. The van der Waals surface area contributed by atoms with Gasteiger partial charge in [-0.25, -0.2) is 15.0 Å². The SMILES string of the molecule is CC1CC=Cc2cc(-c3nc4c(-c5ccc(-c6nc(-c7ccccc7)cc(-c7ccccc7)n6)cc5)cccc4c4c3oc3ccccc34)c3ccccc3c21. The average Bonchev–Trinajstić information content (AvgIpc) is 3.66. The van der Waals surface area contributed by atoms with Gasteiger partial charge in [-0.3, -0.25) is 0 Å². The molecule has 3 aromatic heterocycles. The molecule has 1 atom stereocenters. The normalized spacial score (nSPS) is 13.8. The summed E-state index contributed by atoms with van der Waals surface area (Å²) in [6.07, 6.45) is 5.61. The van der Waals surface area contributed by atoms with Crippen LogP contribution in [-0.2, 0) is 0 Å². The van der Waals surface area contributed by atoms with Crippen molar-refractivity contribution in [1.82, 2.24) is 15.0 Å². The highest BCUT2D eigenvalue weighted by molar-refractivity contribution is 6.23. The minimum Gasteiger partial charge on any atom is -0.454 e. The summed E-state index contributed by atoms with van der Waals surface area (Å²) in [5.74, 6) is 1.12. The molecule has 11 rings (SSSR count). The van der Waals surface area contributed by atoms with Crippen molar-refractivity contribution in [2.24, 2.45) is 0 Å². The lowest BCUT2D eigenvalue weighted by Crippen LogP contribution is -2.02. The van der Waals surface area contributed by atoms with Crippen molar-refractivity contribution in [2.45, 2.75) is 19.3 Å². The molecule has 0 N–H and O–H groups in total. The Kier molecular flexibility index (Phi) is 7.49. The number of rotatable bonds is 5. The van der Waals surface area contributed by atoms with Crippen molar-refractivity contribution in [3.05, 3.63) is 181 Å². The number of aromatic nitrogens is 3. The highest BCUT2D eigenvalue weighted by Gasteiger charge is 2.24. The van der Waals surface area contributed by atoms with Crippen LogP contribution in [-0.4, -0.2) is 15.0 Å². The fraction of sp³-hybridized carbons (Fsp3) is 0.0577. The Labute approximate surface area is 324 Å². The lowest BCUT2D eigenvalue weighted by molar-refractivity contribution is 0.669. The molecule has 0 fully saturated rings. The number of fused-ring (bicyclic) bond motifs is 8. The summed E-state index contributed by atoms with van der Waals surface area (Å²) in [4.78, 5) is 15.7. The first-order valence-electron chi connectivity index (χ1n) is 19.3. The minimum atomic E-state index is 0.440. The molecule has 7 aromatic carbocycles. The third kappa shape index (κ3) is 5.25. The van der Waals surface area contributed by atoms with Crippen molar-refractivity contribution in [2.75, 3.05) is 0 Å². The third-order valence-corrected chi connectivity index (χ3v) is 11.3. The Bertz CT molecular complexity index is 3110. The van der Waals surface area contributed by atoms with E-state index in [1.165, 1.54) is 21.9 Å². The van der Waals surface area contributed by atoms with Crippen molar-refractivity contribution in [3.8, 4) is 56.3 Å². The Balaban J connectivity index is 1.11. The van der Waals surface area contributed by atoms with Gasteiger partial charge in [-0.15, -0.1) is 0 Å². The van der Waals surface area contributed by atoms with Gasteiger partial charge in [0.15, 0.2) is 11.4 Å². The van der Waals surface area contributed by atoms with Crippen molar-refractivity contribution >= 4 is 49.7 Å². The summed E-state index contributed by atoms with van der Waals surface area (Å²) >= 11 is 0. The van der Waals surface area contributed by atoms with E-state index >= 15 is 0 Å². The number of benzene rings is 7. The Hall–Kier alpha value is -7.17. The summed E-state index contributed by atoms with van der Waals surface area (Å²) in [6.45, 7) is 2.33. The zero-order valence-corrected chi connectivity index (χ0v) is 30.8. The van der Waals surface area contributed by atoms with Crippen molar-refractivity contribution < 1.29 is 4.42 Å². The summed E-state index contributed by atoms with van der Waals surface area (Å²) in [5, 5.41) is 5.71. The van der Waals surface area contributed by atoms with Gasteiger partial charge in [-0.2, -0.15) is 0 Å². The van der Waals surface area contributed by atoms with Crippen LogP contribution < -0.4 is 0 Å². The number of hydrogen-bond donors (Lipinski definition) is 0. The van der Waals surface area contributed by atoms with E-state index in [0.29, 0.717) is 11.7 Å². The second kappa shape index (κ2) is 13.0. The summed E-state index contributed by atoms with van der Waals surface area (Å²) in [6, 6.07) is 57.2. The smallest absolute Gasteiger partial charge is 0.162 e. The molecule has 264 valence electrons. The van der Waals surface area contributed by atoms with Gasteiger partial charge in [0.25, 0.3) is 0 Å². The van der Waals surface area contributed by atoms with Gasteiger partial charge >= 0.3 is 0 Å². The topological polar surface area (TPSA) is 51.8 Å². The van der Waals surface area contributed by atoms with Gasteiger partial charge in [0, 0.05) is 44.0 Å². The Morgan fingerprint density at radius 3 is 1.88 bits per heavy atom. The van der Waals surface area contributed by atoms with Crippen LogP contribution in [0.2, 0.25) is 0 Å². The second-order valence-corrected chi connectivity index (χ2v) is 14.7. The van der Waals surface area contributed by atoms with Crippen LogP contribution in [0.3, 0.4) is 0 Å². The largest absolute Gasteiger partial charge is 0.454 e. The predicted octanol–water partition coefficient (Wildman–Crippen LogP) is 13.9. The maximum absolute atomic E-state index is 6.76. The number of pyridine rings is 1.